The van der Waals surface area contributed by atoms with Gasteiger partial charge in [-0.15, -0.1) is 0 Å². The van der Waals surface area contributed by atoms with Crippen molar-refractivity contribution in [3.05, 3.63) is 58.6 Å². The van der Waals surface area contributed by atoms with E-state index >= 15 is 0 Å². The summed E-state index contributed by atoms with van der Waals surface area (Å²) in [5, 5.41) is 13.7. The van der Waals surface area contributed by atoms with E-state index in [-0.39, 0.29) is 24.5 Å². The number of sulfonamides is 1. The van der Waals surface area contributed by atoms with Crippen molar-refractivity contribution in [2.24, 2.45) is 0 Å². The quantitative estimate of drug-likeness (QED) is 0.518. The van der Waals surface area contributed by atoms with Gasteiger partial charge in [-0.25, -0.2) is 8.42 Å². The average Bonchev–Trinajstić information content (AvgIpc) is 2.71. The lowest BCUT2D eigenvalue weighted by Crippen LogP contribution is -2.50. The number of hydrogen-bond donors (Lipinski definition) is 1. The molecular weight excluding hydrogens is 414 g/mol. The second kappa shape index (κ2) is 8.57. The van der Waals surface area contributed by atoms with Crippen LogP contribution in [0, 0.1) is 10.1 Å². The molecule has 11 heteroatoms. The molecule has 1 heterocycles. The predicted molar refractivity (Wildman–Crippen MR) is 109 cm³/mol. The predicted octanol–water partition coefficient (Wildman–Crippen LogP) is 1.71. The van der Waals surface area contributed by atoms with Crippen LogP contribution in [0.3, 0.4) is 0 Å². The van der Waals surface area contributed by atoms with E-state index in [1.54, 1.807) is 18.2 Å². The molecule has 0 saturated heterocycles. The molecule has 1 N–H and O–H groups in total. The van der Waals surface area contributed by atoms with Gasteiger partial charge < -0.3 is 14.8 Å². The number of non-ortho nitro benzene ring substituents is 1. The van der Waals surface area contributed by atoms with Crippen molar-refractivity contribution in [1.82, 2.24) is 5.32 Å². The molecule has 0 radical (unpaired) electrons. The summed E-state index contributed by atoms with van der Waals surface area (Å²) < 4.78 is 36.9. The minimum atomic E-state index is -3.89. The number of fused-ring (bicyclic) bond motifs is 1. The van der Waals surface area contributed by atoms with E-state index in [2.05, 4.69) is 5.32 Å². The minimum absolute atomic E-state index is 0.0283. The molecule has 0 aromatic heterocycles. The molecule has 3 rings (SSSR count). The highest BCUT2D eigenvalue weighted by Gasteiger charge is 2.31. The van der Waals surface area contributed by atoms with Gasteiger partial charge in [0.15, 0.2) is 11.5 Å². The molecule has 10 nitrogen and oxygen atoms in total. The first-order chi connectivity index (χ1) is 14.2. The van der Waals surface area contributed by atoms with Crippen LogP contribution in [0.25, 0.3) is 0 Å². The van der Waals surface area contributed by atoms with Gasteiger partial charge in [0.05, 0.1) is 23.4 Å². The van der Waals surface area contributed by atoms with Gasteiger partial charge in [-0.1, -0.05) is 18.2 Å². The van der Waals surface area contributed by atoms with Gasteiger partial charge in [-0.3, -0.25) is 19.2 Å². The van der Waals surface area contributed by atoms with E-state index in [1.165, 1.54) is 25.1 Å². The first kappa shape index (κ1) is 21.4. The van der Waals surface area contributed by atoms with E-state index in [4.69, 9.17) is 9.47 Å². The highest BCUT2D eigenvalue weighted by Crippen LogP contribution is 2.30. The number of nitrogens with one attached hydrogen (secondary N) is 1. The number of nitro benzene ring substituents is 1. The number of benzene rings is 2. The molecule has 0 aliphatic carbocycles. The van der Waals surface area contributed by atoms with E-state index in [0.29, 0.717) is 11.5 Å². The molecular formula is C19H21N3O7S. The molecule has 30 heavy (non-hydrogen) atoms. The number of carbonyl (C=O) groups excluding carboxylic acids is 1. The van der Waals surface area contributed by atoms with E-state index < -0.39 is 33.0 Å². The standard InChI is InChI=1S/C19H21N3O7S/c1-13(21(30(2,26)27)14-6-5-7-15(10-14)22(24)25)19(23)20-11-16-12-28-17-8-3-4-9-18(17)29-16/h3-10,13,16H,11-12H2,1-2H3,(H,20,23)/t13-,16-/m0/s1. The fourth-order valence-corrected chi connectivity index (χ4v) is 4.24. The van der Waals surface area contributed by atoms with Crippen molar-refractivity contribution in [3.8, 4) is 11.5 Å². The molecule has 2 aromatic carbocycles. The molecule has 2 atom stereocenters. The summed E-state index contributed by atoms with van der Waals surface area (Å²) >= 11 is 0. The van der Waals surface area contributed by atoms with Gasteiger partial charge in [-0.2, -0.15) is 0 Å². The Morgan fingerprint density at radius 1 is 1.27 bits per heavy atom. The Labute approximate surface area is 173 Å². The van der Waals surface area contributed by atoms with Crippen LogP contribution in [-0.2, 0) is 14.8 Å². The molecule has 1 aliphatic rings. The van der Waals surface area contributed by atoms with Crippen LogP contribution in [0.1, 0.15) is 6.92 Å². The summed E-state index contributed by atoms with van der Waals surface area (Å²) in [5.74, 6) is 0.599. The second-order valence-corrected chi connectivity index (χ2v) is 8.61. The number of nitro groups is 1. The molecule has 1 amide bonds. The number of hydrogen-bond acceptors (Lipinski definition) is 7. The molecule has 2 aromatic rings. The zero-order valence-corrected chi connectivity index (χ0v) is 17.2. The second-order valence-electron chi connectivity index (χ2n) is 6.75. The van der Waals surface area contributed by atoms with Crippen LogP contribution in [0.15, 0.2) is 48.5 Å². The summed E-state index contributed by atoms with van der Waals surface area (Å²) in [6.07, 6.45) is 0.491. The Hall–Kier alpha value is -3.34. The molecule has 160 valence electrons. The molecule has 0 bridgehead atoms. The third-order valence-corrected chi connectivity index (χ3v) is 5.70. The molecule has 0 saturated carbocycles. The molecule has 0 unspecified atom stereocenters. The number of para-hydroxylation sites is 2. The third kappa shape index (κ3) is 4.79. The smallest absolute Gasteiger partial charge is 0.271 e. The van der Waals surface area contributed by atoms with Crippen molar-refractivity contribution < 1.29 is 27.6 Å². The van der Waals surface area contributed by atoms with Crippen LogP contribution in [0.2, 0.25) is 0 Å². The van der Waals surface area contributed by atoms with Gasteiger partial charge in [-0.05, 0) is 25.1 Å². The number of amides is 1. The first-order valence-electron chi connectivity index (χ1n) is 9.07. The lowest BCUT2D eigenvalue weighted by molar-refractivity contribution is -0.384. The summed E-state index contributed by atoms with van der Waals surface area (Å²) in [6, 6.07) is 11.1. The summed E-state index contributed by atoms with van der Waals surface area (Å²) in [6.45, 7) is 1.74. The SMILES string of the molecule is C[C@@H](C(=O)NC[C@H]1COc2ccccc2O1)N(c1cccc([N+](=O)[O-])c1)S(C)(=O)=O. The van der Waals surface area contributed by atoms with Crippen molar-refractivity contribution in [3.63, 3.8) is 0 Å². The van der Waals surface area contributed by atoms with Crippen LogP contribution >= 0.6 is 0 Å². The normalized spacial score (nSPS) is 16.4. The lowest BCUT2D eigenvalue weighted by atomic mass is 10.2. The van der Waals surface area contributed by atoms with Gasteiger partial charge in [0, 0.05) is 12.1 Å². The third-order valence-electron chi connectivity index (χ3n) is 4.46. The number of nitrogens with zero attached hydrogens (tertiary/aromatic N) is 2. The maximum atomic E-state index is 12.7. The van der Waals surface area contributed by atoms with Crippen LogP contribution in [0.5, 0.6) is 11.5 Å². The Kier molecular flexibility index (Phi) is 6.11. The Bertz CT molecular complexity index is 1060. The van der Waals surface area contributed by atoms with Gasteiger partial charge >= 0.3 is 0 Å². The average molecular weight is 435 g/mol. The number of rotatable bonds is 7. The number of carbonyl (C=O) groups is 1. The topological polar surface area (TPSA) is 128 Å². The lowest BCUT2D eigenvalue weighted by Gasteiger charge is -2.30. The Morgan fingerprint density at radius 2 is 1.97 bits per heavy atom. The molecule has 0 fully saturated rings. The number of ether oxygens (including phenoxy) is 2. The highest BCUT2D eigenvalue weighted by molar-refractivity contribution is 7.92. The van der Waals surface area contributed by atoms with Crippen molar-refractivity contribution in [2.45, 2.75) is 19.1 Å². The maximum Gasteiger partial charge on any atom is 0.271 e. The van der Waals surface area contributed by atoms with Crippen molar-refractivity contribution in [2.75, 3.05) is 23.7 Å². The Balaban J connectivity index is 1.71. The first-order valence-corrected chi connectivity index (χ1v) is 10.9. The van der Waals surface area contributed by atoms with E-state index in [1.807, 2.05) is 6.07 Å². The summed E-state index contributed by atoms with van der Waals surface area (Å²) in [7, 11) is -3.89. The fourth-order valence-electron chi connectivity index (χ4n) is 3.08. The van der Waals surface area contributed by atoms with E-state index in [9.17, 15) is 23.3 Å². The van der Waals surface area contributed by atoms with Crippen molar-refractivity contribution >= 4 is 27.3 Å². The Morgan fingerprint density at radius 3 is 2.63 bits per heavy atom. The van der Waals surface area contributed by atoms with Crippen LogP contribution in [-0.4, -0.2) is 50.8 Å². The molecule has 1 aliphatic heterocycles. The van der Waals surface area contributed by atoms with Gasteiger partial charge in [0.2, 0.25) is 15.9 Å². The zero-order valence-electron chi connectivity index (χ0n) is 16.3. The maximum absolute atomic E-state index is 12.7. The van der Waals surface area contributed by atoms with E-state index in [0.717, 1.165) is 16.6 Å². The van der Waals surface area contributed by atoms with Gasteiger partial charge in [0.25, 0.3) is 5.69 Å². The van der Waals surface area contributed by atoms with Crippen molar-refractivity contribution in [1.29, 1.82) is 0 Å². The van der Waals surface area contributed by atoms with Gasteiger partial charge in [0.1, 0.15) is 18.8 Å². The summed E-state index contributed by atoms with van der Waals surface area (Å²) in [5.41, 5.74) is -0.249. The fraction of sp³-hybridized carbons (Fsp3) is 0.316. The minimum Gasteiger partial charge on any atom is -0.486 e. The highest BCUT2D eigenvalue weighted by atomic mass is 32.2. The zero-order chi connectivity index (χ0) is 21.9. The number of anilines is 1. The van der Waals surface area contributed by atoms with Crippen LogP contribution in [0.4, 0.5) is 11.4 Å². The van der Waals surface area contributed by atoms with Crippen LogP contribution < -0.4 is 19.1 Å². The summed E-state index contributed by atoms with van der Waals surface area (Å²) in [4.78, 5) is 23.1. The molecule has 0 spiro atoms. The monoisotopic (exact) mass is 435 g/mol. The largest absolute Gasteiger partial charge is 0.486 e.